The highest BCUT2D eigenvalue weighted by Crippen LogP contribution is 2.24. The maximum atomic E-state index is 11.0. The van der Waals surface area contributed by atoms with Crippen molar-refractivity contribution in [3.8, 4) is 0 Å². The van der Waals surface area contributed by atoms with E-state index in [0.29, 0.717) is 0 Å². The molecule has 0 heterocycles. The van der Waals surface area contributed by atoms with Crippen LogP contribution in [0.3, 0.4) is 0 Å². The second-order valence-electron chi connectivity index (χ2n) is 3.13. The van der Waals surface area contributed by atoms with Crippen LogP contribution in [0.1, 0.15) is 26.2 Å². The number of carboxylic acid groups (broad SMARTS) is 1. The smallest absolute Gasteiger partial charge is 0.323 e. The Bertz CT molecular complexity index is 198. The standard InChI is InChI=1S/C8H13NO3/c1-6(10)9(5-8(11)12)7-3-2-4-7/h7H,2-5H2,1H3,(H,11,12). The van der Waals surface area contributed by atoms with E-state index in [9.17, 15) is 9.59 Å². The van der Waals surface area contributed by atoms with Gasteiger partial charge in [-0.05, 0) is 19.3 Å². The van der Waals surface area contributed by atoms with Gasteiger partial charge in [0.25, 0.3) is 0 Å². The van der Waals surface area contributed by atoms with E-state index in [4.69, 9.17) is 5.11 Å². The molecule has 0 aromatic rings. The molecule has 0 unspecified atom stereocenters. The van der Waals surface area contributed by atoms with E-state index in [1.54, 1.807) is 0 Å². The summed E-state index contributed by atoms with van der Waals surface area (Å²) in [6.45, 7) is 1.27. The predicted octanol–water partition coefficient (Wildman–Crippen LogP) is 0.472. The van der Waals surface area contributed by atoms with Gasteiger partial charge in [0.15, 0.2) is 0 Å². The van der Waals surface area contributed by atoms with Crippen LogP contribution in [-0.4, -0.2) is 34.5 Å². The van der Waals surface area contributed by atoms with Gasteiger partial charge in [0.05, 0.1) is 0 Å². The van der Waals surface area contributed by atoms with Crippen LogP contribution in [0.2, 0.25) is 0 Å². The number of carbonyl (C=O) groups excluding carboxylic acids is 1. The molecule has 4 heteroatoms. The second kappa shape index (κ2) is 3.56. The Morgan fingerprint density at radius 3 is 2.33 bits per heavy atom. The molecular formula is C8H13NO3. The molecule has 0 aliphatic heterocycles. The SMILES string of the molecule is CC(=O)N(CC(=O)O)C1CCC1. The average molecular weight is 171 g/mol. The van der Waals surface area contributed by atoms with Crippen molar-refractivity contribution in [2.24, 2.45) is 0 Å². The highest BCUT2D eigenvalue weighted by atomic mass is 16.4. The summed E-state index contributed by atoms with van der Waals surface area (Å²) >= 11 is 0. The normalized spacial score (nSPS) is 16.8. The monoisotopic (exact) mass is 171 g/mol. The molecule has 1 N–H and O–H groups in total. The first-order valence-electron chi connectivity index (χ1n) is 4.10. The van der Waals surface area contributed by atoms with E-state index in [1.165, 1.54) is 11.8 Å². The number of hydrogen-bond acceptors (Lipinski definition) is 2. The van der Waals surface area contributed by atoms with Crippen LogP contribution in [0.25, 0.3) is 0 Å². The number of amides is 1. The Labute approximate surface area is 71.2 Å². The number of nitrogens with zero attached hydrogens (tertiary/aromatic N) is 1. The van der Waals surface area contributed by atoms with Gasteiger partial charge in [-0.25, -0.2) is 0 Å². The van der Waals surface area contributed by atoms with Crippen molar-refractivity contribution in [3.05, 3.63) is 0 Å². The lowest BCUT2D eigenvalue weighted by molar-refractivity contribution is -0.146. The van der Waals surface area contributed by atoms with Gasteiger partial charge in [-0.2, -0.15) is 0 Å². The molecule has 0 spiro atoms. The molecule has 4 nitrogen and oxygen atoms in total. The fourth-order valence-corrected chi connectivity index (χ4v) is 1.34. The Kier molecular flexibility index (Phi) is 2.68. The van der Waals surface area contributed by atoms with Gasteiger partial charge in [0, 0.05) is 13.0 Å². The molecule has 1 fully saturated rings. The van der Waals surface area contributed by atoms with Crippen LogP contribution in [0.5, 0.6) is 0 Å². The number of rotatable bonds is 3. The molecule has 12 heavy (non-hydrogen) atoms. The summed E-state index contributed by atoms with van der Waals surface area (Å²) in [5.41, 5.74) is 0. The van der Waals surface area contributed by atoms with Gasteiger partial charge in [0.2, 0.25) is 5.91 Å². The molecule has 1 saturated carbocycles. The van der Waals surface area contributed by atoms with E-state index in [-0.39, 0.29) is 18.5 Å². The summed E-state index contributed by atoms with van der Waals surface area (Å²) in [6, 6.07) is 0.179. The summed E-state index contributed by atoms with van der Waals surface area (Å²) in [5, 5.41) is 8.51. The number of carbonyl (C=O) groups is 2. The third kappa shape index (κ3) is 1.96. The quantitative estimate of drug-likeness (QED) is 0.671. The predicted molar refractivity (Wildman–Crippen MR) is 42.7 cm³/mol. The zero-order valence-electron chi connectivity index (χ0n) is 7.12. The van der Waals surface area contributed by atoms with E-state index >= 15 is 0 Å². The van der Waals surface area contributed by atoms with Crippen LogP contribution >= 0.6 is 0 Å². The highest BCUT2D eigenvalue weighted by molar-refractivity contribution is 5.79. The molecule has 1 amide bonds. The molecule has 1 aliphatic carbocycles. The van der Waals surface area contributed by atoms with Crippen molar-refractivity contribution < 1.29 is 14.7 Å². The maximum Gasteiger partial charge on any atom is 0.323 e. The Hall–Kier alpha value is -1.06. The van der Waals surface area contributed by atoms with Crippen molar-refractivity contribution in [1.82, 2.24) is 4.90 Å². The van der Waals surface area contributed by atoms with Crippen LogP contribution < -0.4 is 0 Å². The molecule has 1 aliphatic rings. The van der Waals surface area contributed by atoms with Crippen molar-refractivity contribution in [2.45, 2.75) is 32.2 Å². The van der Waals surface area contributed by atoms with Crippen LogP contribution in [0.15, 0.2) is 0 Å². The maximum absolute atomic E-state index is 11.0. The average Bonchev–Trinajstić information content (AvgIpc) is 1.80. The van der Waals surface area contributed by atoms with Crippen molar-refractivity contribution >= 4 is 11.9 Å². The topological polar surface area (TPSA) is 57.6 Å². The van der Waals surface area contributed by atoms with Gasteiger partial charge in [-0.1, -0.05) is 0 Å². The molecule has 0 aromatic carbocycles. The van der Waals surface area contributed by atoms with E-state index < -0.39 is 5.97 Å². The lowest BCUT2D eigenvalue weighted by atomic mass is 9.91. The minimum atomic E-state index is -0.933. The minimum Gasteiger partial charge on any atom is -0.480 e. The third-order valence-electron chi connectivity index (χ3n) is 2.23. The number of carboxylic acids is 1. The van der Waals surface area contributed by atoms with Crippen molar-refractivity contribution in [1.29, 1.82) is 0 Å². The molecule has 0 bridgehead atoms. The van der Waals surface area contributed by atoms with E-state index in [1.807, 2.05) is 0 Å². The fourth-order valence-electron chi connectivity index (χ4n) is 1.34. The molecule has 0 aromatic heterocycles. The van der Waals surface area contributed by atoms with E-state index in [0.717, 1.165) is 19.3 Å². The zero-order valence-corrected chi connectivity index (χ0v) is 7.12. The summed E-state index contributed by atoms with van der Waals surface area (Å²) in [7, 11) is 0. The number of hydrogen-bond donors (Lipinski definition) is 1. The highest BCUT2D eigenvalue weighted by Gasteiger charge is 2.27. The largest absolute Gasteiger partial charge is 0.480 e. The zero-order chi connectivity index (χ0) is 9.14. The lowest BCUT2D eigenvalue weighted by Crippen LogP contribution is -2.45. The van der Waals surface area contributed by atoms with E-state index in [2.05, 4.69) is 0 Å². The Morgan fingerprint density at radius 1 is 1.50 bits per heavy atom. The van der Waals surface area contributed by atoms with Gasteiger partial charge >= 0.3 is 5.97 Å². The Balaban J connectivity index is 2.48. The minimum absolute atomic E-state index is 0.137. The van der Waals surface area contributed by atoms with Crippen molar-refractivity contribution in [2.75, 3.05) is 6.54 Å². The third-order valence-corrected chi connectivity index (χ3v) is 2.23. The molecule has 68 valence electrons. The molecule has 0 radical (unpaired) electrons. The first-order chi connectivity index (χ1) is 5.61. The van der Waals surface area contributed by atoms with Crippen LogP contribution in [0, 0.1) is 0 Å². The summed E-state index contributed by atoms with van der Waals surface area (Å²) < 4.78 is 0. The van der Waals surface area contributed by atoms with Gasteiger partial charge in [-0.3, -0.25) is 9.59 Å². The lowest BCUT2D eigenvalue weighted by Gasteiger charge is -2.35. The van der Waals surface area contributed by atoms with Crippen molar-refractivity contribution in [3.63, 3.8) is 0 Å². The van der Waals surface area contributed by atoms with Gasteiger partial charge in [0.1, 0.15) is 6.54 Å². The number of aliphatic carboxylic acids is 1. The van der Waals surface area contributed by atoms with Gasteiger partial charge < -0.3 is 10.0 Å². The summed E-state index contributed by atoms with van der Waals surface area (Å²) in [4.78, 5) is 22.8. The second-order valence-corrected chi connectivity index (χ2v) is 3.13. The van der Waals surface area contributed by atoms with Crippen LogP contribution in [0.4, 0.5) is 0 Å². The first-order valence-corrected chi connectivity index (χ1v) is 4.10. The molecule has 0 atom stereocenters. The Morgan fingerprint density at radius 2 is 2.08 bits per heavy atom. The molecular weight excluding hydrogens is 158 g/mol. The summed E-state index contributed by atoms with van der Waals surface area (Å²) in [6.07, 6.45) is 3.01. The summed E-state index contributed by atoms with van der Waals surface area (Å²) in [5.74, 6) is -1.07. The molecule has 0 saturated heterocycles. The van der Waals surface area contributed by atoms with Gasteiger partial charge in [-0.15, -0.1) is 0 Å². The first kappa shape index (κ1) is 9.03. The van der Waals surface area contributed by atoms with Crippen LogP contribution in [-0.2, 0) is 9.59 Å². The fraction of sp³-hybridized carbons (Fsp3) is 0.750. The molecule has 1 rings (SSSR count).